The molecule has 1 heterocycles. The van der Waals surface area contributed by atoms with Crippen molar-refractivity contribution in [1.82, 2.24) is 9.21 Å². The molecule has 2 rings (SSSR count). The van der Waals surface area contributed by atoms with E-state index in [1.54, 1.807) is 0 Å². The van der Waals surface area contributed by atoms with Crippen LogP contribution in [0, 0.1) is 6.92 Å². The first-order valence-corrected chi connectivity index (χ1v) is 9.49. The summed E-state index contributed by atoms with van der Waals surface area (Å²) in [7, 11) is -3.33. The lowest BCUT2D eigenvalue weighted by Crippen LogP contribution is -2.35. The highest BCUT2D eigenvalue weighted by molar-refractivity contribution is 7.88. The molecule has 0 spiro atoms. The predicted octanol–water partition coefficient (Wildman–Crippen LogP) is 1.77. The largest absolute Gasteiger partial charge is 0.343 e. The van der Waals surface area contributed by atoms with Crippen molar-refractivity contribution in [1.29, 1.82) is 0 Å². The molecule has 5 nitrogen and oxygen atoms in total. The zero-order valence-electron chi connectivity index (χ0n) is 13.3. The van der Waals surface area contributed by atoms with Crippen LogP contribution in [0.25, 0.3) is 0 Å². The number of nitrogens with zero attached hydrogens (tertiary/aromatic N) is 2. The van der Waals surface area contributed by atoms with Crippen molar-refractivity contribution >= 4 is 15.9 Å². The van der Waals surface area contributed by atoms with Gasteiger partial charge in [-0.05, 0) is 25.3 Å². The fourth-order valence-electron chi connectivity index (χ4n) is 2.72. The Kier molecular flexibility index (Phi) is 5.58. The summed E-state index contributed by atoms with van der Waals surface area (Å²) in [5.41, 5.74) is 2.04. The highest BCUT2D eigenvalue weighted by Crippen LogP contribution is 2.13. The van der Waals surface area contributed by atoms with Gasteiger partial charge in [0.2, 0.25) is 15.9 Å². The first-order chi connectivity index (χ1) is 10.4. The van der Waals surface area contributed by atoms with E-state index in [0.29, 0.717) is 6.54 Å². The van der Waals surface area contributed by atoms with Crippen LogP contribution in [-0.4, -0.2) is 49.4 Å². The van der Waals surface area contributed by atoms with Gasteiger partial charge in [-0.1, -0.05) is 29.8 Å². The van der Waals surface area contributed by atoms with Crippen molar-refractivity contribution < 1.29 is 13.2 Å². The number of carbonyl (C=O) groups excluding carboxylic acids is 1. The topological polar surface area (TPSA) is 57.7 Å². The number of aryl methyl sites for hydroxylation is 1. The van der Waals surface area contributed by atoms with Gasteiger partial charge in [0, 0.05) is 32.6 Å². The Morgan fingerprint density at radius 1 is 1.27 bits per heavy atom. The third kappa shape index (κ3) is 4.81. The first-order valence-electron chi connectivity index (χ1n) is 7.65. The fourth-order valence-corrected chi connectivity index (χ4v) is 3.53. The molecule has 122 valence electrons. The van der Waals surface area contributed by atoms with Crippen molar-refractivity contribution in [3.63, 3.8) is 0 Å². The van der Waals surface area contributed by atoms with Gasteiger partial charge < -0.3 is 4.90 Å². The number of hydrogen-bond acceptors (Lipinski definition) is 3. The van der Waals surface area contributed by atoms with E-state index < -0.39 is 10.0 Å². The zero-order chi connectivity index (χ0) is 16.2. The molecule has 1 aliphatic heterocycles. The van der Waals surface area contributed by atoms with Crippen LogP contribution in [0.2, 0.25) is 0 Å². The van der Waals surface area contributed by atoms with Crippen LogP contribution in [0.15, 0.2) is 24.3 Å². The molecular weight excluding hydrogens is 300 g/mol. The summed E-state index contributed by atoms with van der Waals surface area (Å²) in [6.45, 7) is 4.13. The predicted molar refractivity (Wildman–Crippen MR) is 86.9 cm³/mol. The fraction of sp³-hybridized carbons (Fsp3) is 0.562. The molecule has 1 aromatic carbocycles. The minimum atomic E-state index is -3.33. The minimum Gasteiger partial charge on any atom is -0.343 e. The molecule has 1 aliphatic rings. The van der Waals surface area contributed by atoms with Crippen LogP contribution in [0.3, 0.4) is 0 Å². The minimum absolute atomic E-state index is 0.0513. The number of amides is 1. The number of hydrogen-bond donors (Lipinski definition) is 0. The standard InChI is InChI=1S/C16H24N2O3S/c1-14-6-5-7-15(12-14)13-18(22(2,20)21)11-8-16(19)17-9-3-4-10-17/h5-7,12H,3-4,8-11,13H2,1-2H3. The van der Waals surface area contributed by atoms with Crippen LogP contribution in [0.5, 0.6) is 0 Å². The molecule has 0 unspecified atom stereocenters. The summed E-state index contributed by atoms with van der Waals surface area (Å²) in [6.07, 6.45) is 3.54. The Hall–Kier alpha value is -1.40. The van der Waals surface area contributed by atoms with E-state index in [1.807, 2.05) is 36.1 Å². The number of rotatable bonds is 6. The van der Waals surface area contributed by atoms with Crippen LogP contribution < -0.4 is 0 Å². The molecule has 6 heteroatoms. The molecule has 1 fully saturated rings. The molecule has 0 saturated carbocycles. The van der Waals surface area contributed by atoms with E-state index in [1.165, 1.54) is 10.6 Å². The summed E-state index contributed by atoms with van der Waals surface area (Å²) in [5, 5.41) is 0. The lowest BCUT2D eigenvalue weighted by molar-refractivity contribution is -0.130. The van der Waals surface area contributed by atoms with Crippen LogP contribution >= 0.6 is 0 Å². The van der Waals surface area contributed by atoms with Crippen molar-refractivity contribution in [2.24, 2.45) is 0 Å². The maximum atomic E-state index is 12.1. The molecule has 0 radical (unpaired) electrons. The molecule has 0 N–H and O–H groups in total. The van der Waals surface area contributed by atoms with E-state index in [-0.39, 0.29) is 18.9 Å². The van der Waals surface area contributed by atoms with Crippen LogP contribution in [0.4, 0.5) is 0 Å². The van der Waals surface area contributed by atoms with Gasteiger partial charge in [-0.2, -0.15) is 4.31 Å². The molecule has 0 atom stereocenters. The molecule has 1 aromatic rings. The number of carbonyl (C=O) groups is 1. The summed E-state index contributed by atoms with van der Waals surface area (Å²) in [6, 6.07) is 7.78. The highest BCUT2D eigenvalue weighted by atomic mass is 32.2. The van der Waals surface area contributed by atoms with Gasteiger partial charge in [-0.15, -0.1) is 0 Å². The van der Waals surface area contributed by atoms with Gasteiger partial charge in [0.15, 0.2) is 0 Å². The highest BCUT2D eigenvalue weighted by Gasteiger charge is 2.22. The Labute approximate surface area is 133 Å². The Morgan fingerprint density at radius 2 is 1.95 bits per heavy atom. The average molecular weight is 324 g/mol. The molecule has 0 bridgehead atoms. The van der Waals surface area contributed by atoms with Crippen LogP contribution in [0.1, 0.15) is 30.4 Å². The van der Waals surface area contributed by atoms with Gasteiger partial charge in [0.1, 0.15) is 0 Å². The average Bonchev–Trinajstić information content (AvgIpc) is 2.96. The molecular formula is C16H24N2O3S. The Balaban J connectivity index is 1.99. The van der Waals surface area contributed by atoms with Crippen molar-refractivity contribution in [2.75, 3.05) is 25.9 Å². The summed E-state index contributed by atoms with van der Waals surface area (Å²) in [4.78, 5) is 13.9. The third-order valence-electron chi connectivity index (χ3n) is 3.94. The molecule has 0 aliphatic carbocycles. The third-order valence-corrected chi connectivity index (χ3v) is 5.19. The normalized spacial score (nSPS) is 15.5. The van der Waals surface area contributed by atoms with Crippen molar-refractivity contribution in [3.8, 4) is 0 Å². The Morgan fingerprint density at radius 3 is 2.55 bits per heavy atom. The summed E-state index contributed by atoms with van der Waals surface area (Å²) < 4.78 is 25.3. The maximum absolute atomic E-state index is 12.1. The number of benzene rings is 1. The van der Waals surface area contributed by atoms with E-state index in [4.69, 9.17) is 0 Å². The second kappa shape index (κ2) is 7.24. The van der Waals surface area contributed by atoms with E-state index in [9.17, 15) is 13.2 Å². The second-order valence-corrected chi connectivity index (χ2v) is 7.91. The maximum Gasteiger partial charge on any atom is 0.223 e. The monoisotopic (exact) mass is 324 g/mol. The van der Waals surface area contributed by atoms with Gasteiger partial charge in [-0.25, -0.2) is 8.42 Å². The quantitative estimate of drug-likeness (QED) is 0.801. The van der Waals surface area contributed by atoms with E-state index in [0.717, 1.165) is 37.1 Å². The zero-order valence-corrected chi connectivity index (χ0v) is 14.1. The van der Waals surface area contributed by atoms with Crippen molar-refractivity contribution in [2.45, 2.75) is 32.7 Å². The van der Waals surface area contributed by atoms with E-state index >= 15 is 0 Å². The van der Waals surface area contributed by atoms with Crippen LogP contribution in [-0.2, 0) is 21.4 Å². The van der Waals surface area contributed by atoms with Gasteiger partial charge in [-0.3, -0.25) is 4.79 Å². The van der Waals surface area contributed by atoms with Gasteiger partial charge in [0.05, 0.1) is 6.26 Å². The number of likely N-dealkylation sites (tertiary alicyclic amines) is 1. The van der Waals surface area contributed by atoms with E-state index in [2.05, 4.69) is 0 Å². The lowest BCUT2D eigenvalue weighted by Gasteiger charge is -2.22. The first kappa shape index (κ1) is 17.0. The summed E-state index contributed by atoms with van der Waals surface area (Å²) in [5.74, 6) is 0.0513. The lowest BCUT2D eigenvalue weighted by atomic mass is 10.1. The molecule has 1 saturated heterocycles. The summed E-state index contributed by atoms with van der Waals surface area (Å²) >= 11 is 0. The SMILES string of the molecule is Cc1cccc(CN(CCC(=O)N2CCCC2)S(C)(=O)=O)c1. The second-order valence-electron chi connectivity index (χ2n) is 5.92. The van der Waals surface area contributed by atoms with Gasteiger partial charge >= 0.3 is 0 Å². The molecule has 22 heavy (non-hydrogen) atoms. The van der Waals surface area contributed by atoms with Gasteiger partial charge in [0.25, 0.3) is 0 Å². The van der Waals surface area contributed by atoms with Crippen molar-refractivity contribution in [3.05, 3.63) is 35.4 Å². The molecule has 1 amide bonds. The smallest absolute Gasteiger partial charge is 0.223 e. The number of sulfonamides is 1. The Bertz CT molecular complexity index is 622. The molecule has 0 aromatic heterocycles.